The minimum absolute atomic E-state index is 0.0751. The molecule has 118 valence electrons. The second-order valence-electron chi connectivity index (χ2n) is 6.40. The highest BCUT2D eigenvalue weighted by molar-refractivity contribution is 7.89. The lowest BCUT2D eigenvalue weighted by Gasteiger charge is -2.34. The van der Waals surface area contributed by atoms with Crippen molar-refractivity contribution in [2.24, 2.45) is 5.41 Å². The lowest BCUT2D eigenvalue weighted by molar-refractivity contribution is -0.128. The van der Waals surface area contributed by atoms with Crippen LogP contribution in [0.15, 0.2) is 0 Å². The summed E-state index contributed by atoms with van der Waals surface area (Å²) < 4.78 is 31.4. The molecule has 0 aromatic carbocycles. The molecule has 0 aliphatic carbocycles. The van der Waals surface area contributed by atoms with Crippen LogP contribution in [-0.2, 0) is 19.6 Å². The van der Waals surface area contributed by atoms with Crippen LogP contribution in [0, 0.1) is 5.41 Å². The fourth-order valence-corrected chi connectivity index (χ4v) is 3.54. The van der Waals surface area contributed by atoms with Gasteiger partial charge in [-0.05, 0) is 13.8 Å². The Morgan fingerprint density at radius 2 is 1.75 bits per heavy atom. The van der Waals surface area contributed by atoms with Crippen molar-refractivity contribution in [1.29, 1.82) is 0 Å². The Morgan fingerprint density at radius 1 is 1.25 bits per heavy atom. The summed E-state index contributed by atoms with van der Waals surface area (Å²) in [7, 11) is -3.35. The van der Waals surface area contributed by atoms with Gasteiger partial charge in [0, 0.05) is 25.0 Å². The number of amides is 1. The molecule has 20 heavy (non-hydrogen) atoms. The molecule has 6 nitrogen and oxygen atoms in total. The number of nitrogens with zero attached hydrogens (tertiary/aromatic N) is 1. The van der Waals surface area contributed by atoms with Gasteiger partial charge in [0.15, 0.2) is 0 Å². The molecule has 0 spiro atoms. The van der Waals surface area contributed by atoms with Gasteiger partial charge in [-0.1, -0.05) is 20.8 Å². The molecule has 1 saturated heterocycles. The maximum atomic E-state index is 12.2. The monoisotopic (exact) mass is 306 g/mol. The molecule has 1 fully saturated rings. The van der Waals surface area contributed by atoms with Crippen LogP contribution in [0.4, 0.5) is 0 Å². The van der Waals surface area contributed by atoms with Crippen LogP contribution in [0.5, 0.6) is 0 Å². The summed E-state index contributed by atoms with van der Waals surface area (Å²) in [5.41, 5.74) is -0.508. The first kappa shape index (κ1) is 17.4. The van der Waals surface area contributed by atoms with Crippen LogP contribution in [0.25, 0.3) is 0 Å². The number of hydrogen-bond donors (Lipinski definition) is 1. The van der Waals surface area contributed by atoms with E-state index in [2.05, 4.69) is 5.32 Å². The predicted molar refractivity (Wildman–Crippen MR) is 77.8 cm³/mol. The Morgan fingerprint density at radius 3 is 2.20 bits per heavy atom. The molecule has 1 rings (SSSR count). The smallest absolute Gasteiger partial charge is 0.225 e. The van der Waals surface area contributed by atoms with Crippen molar-refractivity contribution in [3.05, 3.63) is 0 Å². The summed E-state index contributed by atoms with van der Waals surface area (Å²) in [6.07, 6.45) is -0.199. The molecule has 0 radical (unpaired) electrons. The second-order valence-corrected chi connectivity index (χ2v) is 8.48. The van der Waals surface area contributed by atoms with Crippen LogP contribution in [0.2, 0.25) is 0 Å². The van der Waals surface area contributed by atoms with Crippen LogP contribution < -0.4 is 5.32 Å². The van der Waals surface area contributed by atoms with Gasteiger partial charge in [-0.3, -0.25) is 4.79 Å². The quantitative estimate of drug-likeness (QED) is 0.825. The van der Waals surface area contributed by atoms with Gasteiger partial charge in [0.2, 0.25) is 15.9 Å². The molecular weight excluding hydrogens is 280 g/mol. The largest absolute Gasteiger partial charge is 0.373 e. The third-order valence-corrected chi connectivity index (χ3v) is 4.91. The first-order valence-corrected chi connectivity index (χ1v) is 8.55. The van der Waals surface area contributed by atoms with E-state index in [0.29, 0.717) is 13.1 Å². The van der Waals surface area contributed by atoms with Crippen LogP contribution in [0.1, 0.15) is 34.6 Å². The van der Waals surface area contributed by atoms with Gasteiger partial charge < -0.3 is 10.1 Å². The average Bonchev–Trinajstić information content (AvgIpc) is 2.25. The minimum Gasteiger partial charge on any atom is -0.373 e. The van der Waals surface area contributed by atoms with Crippen LogP contribution in [0.3, 0.4) is 0 Å². The van der Waals surface area contributed by atoms with Gasteiger partial charge in [0.05, 0.1) is 18.0 Å². The molecule has 7 heteroatoms. The molecular formula is C13H26N2O4S. The zero-order chi connectivity index (χ0) is 15.6. The summed E-state index contributed by atoms with van der Waals surface area (Å²) >= 11 is 0. The van der Waals surface area contributed by atoms with Crippen LogP contribution >= 0.6 is 0 Å². The summed E-state index contributed by atoms with van der Waals surface area (Å²) in [4.78, 5) is 11.7. The van der Waals surface area contributed by atoms with Gasteiger partial charge in [0.25, 0.3) is 0 Å². The number of ether oxygens (including phenoxy) is 1. The number of sulfonamides is 1. The minimum atomic E-state index is -3.35. The van der Waals surface area contributed by atoms with Gasteiger partial charge in [-0.25, -0.2) is 8.42 Å². The van der Waals surface area contributed by atoms with Crippen molar-refractivity contribution in [3.8, 4) is 0 Å². The van der Waals surface area contributed by atoms with E-state index in [1.54, 1.807) is 20.8 Å². The van der Waals surface area contributed by atoms with Crippen LogP contribution in [-0.4, -0.2) is 56.2 Å². The summed E-state index contributed by atoms with van der Waals surface area (Å²) in [5, 5.41) is 2.66. The SMILES string of the molecule is C[C@H]1CN(S(=O)(=O)CCNC(=O)C(C)(C)C)C[C@H](C)O1. The highest BCUT2D eigenvalue weighted by Gasteiger charge is 2.31. The Labute approximate surface area is 121 Å². The van der Waals surface area contributed by atoms with E-state index in [1.165, 1.54) is 4.31 Å². The van der Waals surface area contributed by atoms with E-state index in [-0.39, 0.29) is 30.4 Å². The normalized spacial score (nSPS) is 25.4. The number of hydrogen-bond acceptors (Lipinski definition) is 4. The Kier molecular flexibility index (Phi) is 5.57. The number of carbonyl (C=O) groups is 1. The number of carbonyl (C=O) groups excluding carboxylic acids is 1. The number of morpholine rings is 1. The Hall–Kier alpha value is -0.660. The summed E-state index contributed by atoms with van der Waals surface area (Å²) in [6.45, 7) is 9.99. The Balaban J connectivity index is 2.52. The van der Waals surface area contributed by atoms with E-state index in [0.717, 1.165) is 0 Å². The highest BCUT2D eigenvalue weighted by Crippen LogP contribution is 2.15. The zero-order valence-electron chi connectivity index (χ0n) is 13.0. The van der Waals surface area contributed by atoms with Crippen molar-refractivity contribution in [2.75, 3.05) is 25.4 Å². The average molecular weight is 306 g/mol. The third-order valence-electron chi connectivity index (χ3n) is 3.11. The number of rotatable bonds is 4. The molecule has 1 amide bonds. The first-order valence-electron chi connectivity index (χ1n) is 6.94. The van der Waals surface area contributed by atoms with E-state index in [1.807, 2.05) is 13.8 Å². The summed E-state index contributed by atoms with van der Waals surface area (Å²) in [6, 6.07) is 0. The molecule has 0 bridgehead atoms. The molecule has 1 N–H and O–H groups in total. The van der Waals surface area contributed by atoms with Gasteiger partial charge in [-0.2, -0.15) is 4.31 Å². The van der Waals surface area contributed by atoms with Gasteiger partial charge >= 0.3 is 0 Å². The zero-order valence-corrected chi connectivity index (χ0v) is 13.8. The molecule has 2 atom stereocenters. The number of nitrogens with one attached hydrogen (secondary N) is 1. The highest BCUT2D eigenvalue weighted by atomic mass is 32.2. The van der Waals surface area contributed by atoms with Crippen molar-refractivity contribution >= 4 is 15.9 Å². The van der Waals surface area contributed by atoms with E-state index >= 15 is 0 Å². The molecule has 0 unspecified atom stereocenters. The third kappa shape index (κ3) is 5.03. The van der Waals surface area contributed by atoms with E-state index in [9.17, 15) is 13.2 Å². The molecule has 0 saturated carbocycles. The standard InChI is InChI=1S/C13H26N2O4S/c1-10-8-15(9-11(2)19-10)20(17,18)7-6-14-12(16)13(3,4)5/h10-11H,6-9H2,1-5H3,(H,14,16)/t10-,11-/m0/s1. The fraction of sp³-hybridized carbons (Fsp3) is 0.923. The first-order chi connectivity index (χ1) is 9.02. The van der Waals surface area contributed by atoms with Crippen molar-refractivity contribution < 1.29 is 17.9 Å². The van der Waals surface area contributed by atoms with Gasteiger partial charge in [0.1, 0.15) is 0 Å². The van der Waals surface area contributed by atoms with Crippen molar-refractivity contribution in [3.63, 3.8) is 0 Å². The fourth-order valence-electron chi connectivity index (χ4n) is 2.05. The lowest BCUT2D eigenvalue weighted by atomic mass is 9.96. The summed E-state index contributed by atoms with van der Waals surface area (Å²) in [5.74, 6) is -0.217. The van der Waals surface area contributed by atoms with Crippen molar-refractivity contribution in [1.82, 2.24) is 9.62 Å². The topological polar surface area (TPSA) is 75.7 Å². The predicted octanol–water partition coefficient (Wildman–Crippen LogP) is 0.588. The molecule has 1 aliphatic rings. The maximum absolute atomic E-state index is 12.2. The van der Waals surface area contributed by atoms with Gasteiger partial charge in [-0.15, -0.1) is 0 Å². The lowest BCUT2D eigenvalue weighted by Crippen LogP contribution is -2.50. The molecule has 0 aromatic heterocycles. The molecule has 1 heterocycles. The Bertz CT molecular complexity index is 432. The maximum Gasteiger partial charge on any atom is 0.225 e. The van der Waals surface area contributed by atoms with E-state index in [4.69, 9.17) is 4.74 Å². The molecule has 0 aromatic rings. The van der Waals surface area contributed by atoms with E-state index < -0.39 is 15.4 Å². The molecule has 1 aliphatic heterocycles. The second kappa shape index (κ2) is 6.41. The van der Waals surface area contributed by atoms with Crippen molar-refractivity contribution in [2.45, 2.75) is 46.8 Å².